The second kappa shape index (κ2) is 7.23. The molecule has 32 heavy (non-hydrogen) atoms. The summed E-state index contributed by atoms with van der Waals surface area (Å²) in [6.45, 7) is 6.16. The van der Waals surface area contributed by atoms with Crippen LogP contribution in [0.15, 0.2) is 55.1 Å². The molecule has 8 heteroatoms. The molecule has 5 heterocycles. The lowest BCUT2D eigenvalue weighted by Crippen LogP contribution is -2.33. The van der Waals surface area contributed by atoms with E-state index in [0.29, 0.717) is 6.61 Å². The van der Waals surface area contributed by atoms with Gasteiger partial charge in [-0.15, -0.1) is 0 Å². The number of nitrogens with zero attached hydrogens (tertiary/aromatic N) is 4. The molecule has 0 saturated carbocycles. The molecule has 8 nitrogen and oxygen atoms in total. The van der Waals surface area contributed by atoms with Crippen molar-refractivity contribution in [1.82, 2.24) is 19.5 Å². The average Bonchev–Trinajstić information content (AvgIpc) is 3.44. The van der Waals surface area contributed by atoms with Crippen LogP contribution >= 0.6 is 0 Å². The predicted molar refractivity (Wildman–Crippen MR) is 117 cm³/mol. The molecule has 0 spiro atoms. The summed E-state index contributed by atoms with van der Waals surface area (Å²) >= 11 is 0. The molecule has 2 aliphatic heterocycles. The Labute approximate surface area is 185 Å². The first-order valence-corrected chi connectivity index (χ1v) is 10.8. The summed E-state index contributed by atoms with van der Waals surface area (Å²) in [5, 5.41) is 2.07. The lowest BCUT2D eigenvalue weighted by molar-refractivity contribution is -0.198. The topological polar surface area (TPSA) is 80.5 Å². The molecule has 3 aromatic heterocycles. The maximum Gasteiger partial charge on any atom is 0.164 e. The summed E-state index contributed by atoms with van der Waals surface area (Å²) in [6.07, 6.45) is 4.12. The zero-order chi connectivity index (χ0) is 21.9. The van der Waals surface area contributed by atoms with Gasteiger partial charge in [0.1, 0.15) is 42.6 Å². The largest absolute Gasteiger partial charge is 0.491 e. The summed E-state index contributed by atoms with van der Waals surface area (Å²) in [5.41, 5.74) is 2.64. The molecule has 4 atom stereocenters. The monoisotopic (exact) mass is 432 g/mol. The first-order valence-electron chi connectivity index (χ1n) is 10.8. The minimum absolute atomic E-state index is 0.256. The van der Waals surface area contributed by atoms with Crippen molar-refractivity contribution in [2.75, 3.05) is 6.61 Å². The highest BCUT2D eigenvalue weighted by Gasteiger charge is 2.56. The molecule has 0 amide bonds. The number of ether oxygens (including phenoxy) is 4. The van der Waals surface area contributed by atoms with Crippen molar-refractivity contribution >= 4 is 21.9 Å². The van der Waals surface area contributed by atoms with Gasteiger partial charge in [-0.2, -0.15) is 0 Å². The van der Waals surface area contributed by atoms with E-state index in [1.54, 1.807) is 12.5 Å². The van der Waals surface area contributed by atoms with Gasteiger partial charge in [-0.05, 0) is 45.0 Å². The van der Waals surface area contributed by atoms with Crippen LogP contribution in [0.1, 0.15) is 25.8 Å². The fourth-order valence-corrected chi connectivity index (χ4v) is 4.63. The number of hydrogen-bond donors (Lipinski definition) is 0. The van der Waals surface area contributed by atoms with Gasteiger partial charge in [-0.25, -0.2) is 9.97 Å². The maximum absolute atomic E-state index is 6.44. The van der Waals surface area contributed by atoms with Crippen LogP contribution in [-0.2, 0) is 14.2 Å². The Morgan fingerprint density at radius 1 is 1.06 bits per heavy atom. The van der Waals surface area contributed by atoms with Crippen molar-refractivity contribution in [3.05, 3.63) is 60.8 Å². The van der Waals surface area contributed by atoms with Crippen molar-refractivity contribution in [2.24, 2.45) is 0 Å². The number of fused-ring (bicyclic) bond motifs is 3. The number of pyridine rings is 1. The van der Waals surface area contributed by atoms with Gasteiger partial charge in [0.25, 0.3) is 0 Å². The van der Waals surface area contributed by atoms with E-state index in [2.05, 4.69) is 15.0 Å². The molecule has 164 valence electrons. The summed E-state index contributed by atoms with van der Waals surface area (Å²) in [6, 6.07) is 11.9. The lowest BCUT2D eigenvalue weighted by atomic mass is 10.1. The molecule has 0 aliphatic carbocycles. The predicted octanol–water partition coefficient (Wildman–Crippen LogP) is 3.78. The van der Waals surface area contributed by atoms with Crippen LogP contribution in [0.5, 0.6) is 5.75 Å². The van der Waals surface area contributed by atoms with E-state index < -0.39 is 5.79 Å². The first kappa shape index (κ1) is 19.6. The fourth-order valence-electron chi connectivity index (χ4n) is 4.63. The van der Waals surface area contributed by atoms with Crippen LogP contribution < -0.4 is 4.74 Å². The van der Waals surface area contributed by atoms with Crippen LogP contribution in [-0.4, -0.2) is 50.2 Å². The summed E-state index contributed by atoms with van der Waals surface area (Å²) in [5.74, 6) is 0.0452. The molecule has 4 aromatic rings. The van der Waals surface area contributed by atoms with E-state index in [9.17, 15) is 0 Å². The standard InChI is InChI=1S/C24H24N4O4/c1-14-17-8-10-28(22(17)27-13-26-14)23-21-20(31-24(2,3)32-21)19(30-23)12-29-16-7-6-15-5-4-9-25-18(15)11-16/h4-11,13,19-21,23H,12H2,1-3H3/t19-,20-,21-,23-/m1/s1. The molecule has 1 aromatic carbocycles. The van der Waals surface area contributed by atoms with Gasteiger partial charge < -0.3 is 23.5 Å². The molecule has 0 bridgehead atoms. The molecular formula is C24H24N4O4. The number of aryl methyl sites for hydroxylation is 1. The fraction of sp³-hybridized carbons (Fsp3) is 0.375. The Hall–Kier alpha value is -3.07. The highest BCUT2D eigenvalue weighted by molar-refractivity contribution is 5.79. The molecule has 6 rings (SSSR count). The highest BCUT2D eigenvalue weighted by Crippen LogP contribution is 2.44. The van der Waals surface area contributed by atoms with Crippen LogP contribution in [0.25, 0.3) is 21.9 Å². The Morgan fingerprint density at radius 2 is 1.94 bits per heavy atom. The zero-order valence-electron chi connectivity index (χ0n) is 18.1. The van der Waals surface area contributed by atoms with E-state index in [1.807, 2.05) is 67.9 Å². The Morgan fingerprint density at radius 3 is 2.84 bits per heavy atom. The second-order valence-electron chi connectivity index (χ2n) is 8.72. The van der Waals surface area contributed by atoms with E-state index in [-0.39, 0.29) is 24.5 Å². The van der Waals surface area contributed by atoms with Crippen molar-refractivity contribution < 1.29 is 18.9 Å². The van der Waals surface area contributed by atoms with Crippen molar-refractivity contribution in [2.45, 2.75) is 51.1 Å². The van der Waals surface area contributed by atoms with Gasteiger partial charge in [-0.3, -0.25) is 4.98 Å². The normalized spacial score (nSPS) is 26.6. The van der Waals surface area contributed by atoms with Crippen molar-refractivity contribution in [3.8, 4) is 5.75 Å². The van der Waals surface area contributed by atoms with Crippen LogP contribution in [0.3, 0.4) is 0 Å². The second-order valence-corrected chi connectivity index (χ2v) is 8.72. The van der Waals surface area contributed by atoms with Gasteiger partial charge in [0.15, 0.2) is 12.0 Å². The first-order chi connectivity index (χ1) is 15.5. The molecule has 2 saturated heterocycles. The number of rotatable bonds is 4. The smallest absolute Gasteiger partial charge is 0.164 e. The summed E-state index contributed by atoms with van der Waals surface area (Å²) in [4.78, 5) is 13.2. The third kappa shape index (κ3) is 3.23. The van der Waals surface area contributed by atoms with Crippen LogP contribution in [0.2, 0.25) is 0 Å². The molecular weight excluding hydrogens is 408 g/mol. The number of aromatic nitrogens is 4. The third-order valence-corrected chi connectivity index (χ3v) is 6.10. The van der Waals surface area contributed by atoms with Gasteiger partial charge >= 0.3 is 0 Å². The van der Waals surface area contributed by atoms with E-state index >= 15 is 0 Å². The van der Waals surface area contributed by atoms with Crippen LogP contribution in [0.4, 0.5) is 0 Å². The average molecular weight is 432 g/mol. The summed E-state index contributed by atoms with van der Waals surface area (Å²) in [7, 11) is 0. The highest BCUT2D eigenvalue weighted by atomic mass is 16.8. The molecule has 2 aliphatic rings. The van der Waals surface area contributed by atoms with Gasteiger partial charge in [-0.1, -0.05) is 6.07 Å². The third-order valence-electron chi connectivity index (χ3n) is 6.10. The SMILES string of the molecule is Cc1ncnc2c1ccn2[C@@H]1O[C@H](COc2ccc3cccnc3c2)[C@H]2OC(C)(C)O[C@H]21. The molecule has 0 radical (unpaired) electrons. The zero-order valence-corrected chi connectivity index (χ0v) is 18.1. The van der Waals surface area contributed by atoms with Crippen molar-refractivity contribution in [3.63, 3.8) is 0 Å². The lowest BCUT2D eigenvalue weighted by Gasteiger charge is -2.25. The maximum atomic E-state index is 6.44. The van der Waals surface area contributed by atoms with E-state index in [0.717, 1.165) is 33.4 Å². The molecule has 0 unspecified atom stereocenters. The Balaban J connectivity index is 1.28. The van der Waals surface area contributed by atoms with Gasteiger partial charge in [0.05, 0.1) is 11.2 Å². The van der Waals surface area contributed by atoms with Gasteiger partial charge in [0.2, 0.25) is 0 Å². The van der Waals surface area contributed by atoms with Crippen LogP contribution in [0, 0.1) is 6.92 Å². The number of benzene rings is 1. The number of hydrogen-bond acceptors (Lipinski definition) is 7. The molecule has 2 fully saturated rings. The molecule has 0 N–H and O–H groups in total. The van der Waals surface area contributed by atoms with Crippen molar-refractivity contribution in [1.29, 1.82) is 0 Å². The Bertz CT molecular complexity index is 1300. The quantitative estimate of drug-likeness (QED) is 0.485. The minimum Gasteiger partial charge on any atom is -0.491 e. The van der Waals surface area contributed by atoms with E-state index in [1.165, 1.54) is 0 Å². The van der Waals surface area contributed by atoms with Gasteiger partial charge in [0, 0.05) is 29.2 Å². The minimum atomic E-state index is -0.698. The summed E-state index contributed by atoms with van der Waals surface area (Å²) < 4.78 is 27.0. The Kier molecular flexibility index (Phi) is 4.43. The van der Waals surface area contributed by atoms with E-state index in [4.69, 9.17) is 18.9 Å².